The third-order valence-corrected chi connectivity index (χ3v) is 7.15. The van der Waals surface area contributed by atoms with Gasteiger partial charge in [0.05, 0.1) is 10.6 Å². The lowest BCUT2D eigenvalue weighted by atomic mass is 9.88. The van der Waals surface area contributed by atoms with Crippen LogP contribution in [0.25, 0.3) is 0 Å². The van der Waals surface area contributed by atoms with Crippen LogP contribution in [0.3, 0.4) is 0 Å². The first-order valence-corrected chi connectivity index (χ1v) is 12.4. The highest BCUT2D eigenvalue weighted by Gasteiger charge is 2.35. The van der Waals surface area contributed by atoms with Crippen LogP contribution >= 0.6 is 11.6 Å². The van der Waals surface area contributed by atoms with Crippen LogP contribution in [0, 0.1) is 11.8 Å². The van der Waals surface area contributed by atoms with Crippen molar-refractivity contribution < 1.29 is 22.8 Å². The van der Waals surface area contributed by atoms with Crippen molar-refractivity contribution in [1.82, 2.24) is 24.8 Å². The van der Waals surface area contributed by atoms with E-state index < -0.39 is 11.7 Å². The molecule has 37 heavy (non-hydrogen) atoms. The molecule has 0 saturated carbocycles. The summed E-state index contributed by atoms with van der Waals surface area (Å²) >= 11 is 6.16. The van der Waals surface area contributed by atoms with E-state index in [1.54, 1.807) is 12.4 Å². The van der Waals surface area contributed by atoms with Gasteiger partial charge in [0, 0.05) is 55.6 Å². The molecule has 0 aliphatic carbocycles. The van der Waals surface area contributed by atoms with Gasteiger partial charge in [0.1, 0.15) is 18.5 Å². The number of aromatic nitrogens is 3. The summed E-state index contributed by atoms with van der Waals surface area (Å²) in [5, 5.41) is 3.90. The molecule has 1 amide bonds. The molecule has 200 valence electrons. The lowest BCUT2D eigenvalue weighted by molar-refractivity contribution is -0.138. The van der Waals surface area contributed by atoms with E-state index in [2.05, 4.69) is 25.0 Å². The van der Waals surface area contributed by atoms with Crippen LogP contribution in [0.4, 0.5) is 19.1 Å². The predicted molar refractivity (Wildman–Crippen MR) is 132 cm³/mol. The number of halogens is 4. The predicted octanol–water partition coefficient (Wildman–Crippen LogP) is 3.63. The fourth-order valence-electron chi connectivity index (χ4n) is 4.87. The van der Waals surface area contributed by atoms with Crippen molar-refractivity contribution in [3.8, 4) is 0 Å². The Morgan fingerprint density at radius 3 is 2.27 bits per heavy atom. The maximum Gasteiger partial charge on any atom is 0.417 e. The molecule has 2 saturated heterocycles. The van der Waals surface area contributed by atoms with Gasteiger partial charge in [-0.25, -0.2) is 9.97 Å². The molecule has 2 aromatic heterocycles. The number of piperidine rings is 2. The molecule has 0 unspecified atom stereocenters. The standard InChI is InChI=1S/C24H29ClF3N7O2/c1-37-33-20(21-19(25)10-18(13-30-21)24(26,27)28)16-4-8-35(9-5-16)22(36)17-2-6-34(7-3-17)14-15-11-31-23(29)32-12-15/h10-13,16-17H,2-9,14H2,1H3,(H2,29,31,32). The SMILES string of the molecule is CON=C(c1ncc(C(F)(F)F)cc1Cl)C1CCN(C(=O)C2CCN(Cc3cnc(N)nc3)CC2)CC1. The van der Waals surface area contributed by atoms with Crippen LogP contribution in [0.5, 0.6) is 0 Å². The number of nitrogens with two attached hydrogens (primary N) is 1. The number of amides is 1. The molecule has 4 rings (SSSR count). The van der Waals surface area contributed by atoms with Gasteiger partial charge >= 0.3 is 6.18 Å². The van der Waals surface area contributed by atoms with E-state index in [9.17, 15) is 18.0 Å². The molecular formula is C24H29ClF3N7O2. The molecule has 2 aliphatic heterocycles. The van der Waals surface area contributed by atoms with Gasteiger partial charge in [-0.15, -0.1) is 0 Å². The Morgan fingerprint density at radius 2 is 1.70 bits per heavy atom. The van der Waals surface area contributed by atoms with Crippen LogP contribution in [-0.4, -0.2) is 69.7 Å². The van der Waals surface area contributed by atoms with E-state index in [-0.39, 0.29) is 34.4 Å². The maximum atomic E-state index is 13.2. The minimum atomic E-state index is -4.54. The highest BCUT2D eigenvalue weighted by molar-refractivity contribution is 6.34. The molecule has 0 radical (unpaired) electrons. The number of pyridine rings is 1. The van der Waals surface area contributed by atoms with Crippen LogP contribution in [-0.2, 0) is 22.4 Å². The summed E-state index contributed by atoms with van der Waals surface area (Å²) in [6.45, 7) is 3.37. The molecule has 2 fully saturated rings. The fourth-order valence-corrected chi connectivity index (χ4v) is 5.13. The molecule has 2 aromatic rings. The molecule has 2 N–H and O–H groups in total. The number of carbonyl (C=O) groups excluding carboxylic acids is 1. The zero-order valence-corrected chi connectivity index (χ0v) is 21.2. The largest absolute Gasteiger partial charge is 0.417 e. The first kappa shape index (κ1) is 27.1. The minimum Gasteiger partial charge on any atom is -0.399 e. The van der Waals surface area contributed by atoms with E-state index in [4.69, 9.17) is 22.2 Å². The number of oxime groups is 1. The van der Waals surface area contributed by atoms with Crippen molar-refractivity contribution in [2.24, 2.45) is 17.0 Å². The molecule has 0 aromatic carbocycles. The number of hydrogen-bond acceptors (Lipinski definition) is 8. The summed E-state index contributed by atoms with van der Waals surface area (Å²) in [5.74, 6) is 0.212. The Hall–Kier alpha value is -2.99. The Bertz CT molecular complexity index is 1110. The second-order valence-corrected chi connectivity index (χ2v) is 9.72. The minimum absolute atomic E-state index is 0.0337. The number of hydrogen-bond donors (Lipinski definition) is 1. The van der Waals surface area contributed by atoms with Crippen molar-refractivity contribution in [2.45, 2.75) is 38.4 Å². The molecule has 0 bridgehead atoms. The van der Waals surface area contributed by atoms with Gasteiger partial charge in [-0.3, -0.25) is 14.7 Å². The summed E-state index contributed by atoms with van der Waals surface area (Å²) in [6, 6.07) is 0.848. The Labute approximate surface area is 217 Å². The van der Waals surface area contributed by atoms with Crippen molar-refractivity contribution in [2.75, 3.05) is 39.0 Å². The number of alkyl halides is 3. The van der Waals surface area contributed by atoms with Crippen molar-refractivity contribution in [3.05, 3.63) is 46.5 Å². The number of nitrogen functional groups attached to an aromatic ring is 1. The summed E-state index contributed by atoms with van der Waals surface area (Å²) in [6.07, 6.45) is 2.37. The van der Waals surface area contributed by atoms with Gasteiger partial charge in [-0.2, -0.15) is 13.2 Å². The molecule has 2 aliphatic rings. The summed E-state index contributed by atoms with van der Waals surface area (Å²) < 4.78 is 39.0. The first-order chi connectivity index (χ1) is 17.7. The Kier molecular flexibility index (Phi) is 8.48. The van der Waals surface area contributed by atoms with Crippen molar-refractivity contribution in [3.63, 3.8) is 0 Å². The van der Waals surface area contributed by atoms with Crippen molar-refractivity contribution in [1.29, 1.82) is 0 Å². The Balaban J connectivity index is 1.31. The number of carbonyl (C=O) groups is 1. The normalized spacial score (nSPS) is 18.7. The number of likely N-dealkylation sites (tertiary alicyclic amines) is 2. The van der Waals surface area contributed by atoms with E-state index in [0.717, 1.165) is 50.3 Å². The molecule has 0 spiro atoms. The monoisotopic (exact) mass is 539 g/mol. The van der Waals surface area contributed by atoms with Crippen LogP contribution in [0.2, 0.25) is 5.02 Å². The smallest absolute Gasteiger partial charge is 0.399 e. The van der Waals surface area contributed by atoms with Gasteiger partial charge in [0.25, 0.3) is 0 Å². The highest BCUT2D eigenvalue weighted by atomic mass is 35.5. The van der Waals surface area contributed by atoms with Gasteiger partial charge in [-0.1, -0.05) is 16.8 Å². The van der Waals surface area contributed by atoms with Gasteiger partial charge in [0.2, 0.25) is 11.9 Å². The number of nitrogens with zero attached hydrogens (tertiary/aromatic N) is 6. The summed E-state index contributed by atoms with van der Waals surface area (Å²) in [7, 11) is 1.36. The quantitative estimate of drug-likeness (QED) is 0.441. The lowest BCUT2D eigenvalue weighted by Gasteiger charge is -2.37. The molecule has 4 heterocycles. The summed E-state index contributed by atoms with van der Waals surface area (Å²) in [5.41, 5.74) is 6.16. The van der Waals surface area contributed by atoms with Crippen LogP contribution in [0.1, 0.15) is 42.5 Å². The first-order valence-electron chi connectivity index (χ1n) is 12.1. The zero-order valence-electron chi connectivity index (χ0n) is 20.4. The zero-order chi connectivity index (χ0) is 26.6. The number of anilines is 1. The molecule has 0 atom stereocenters. The lowest BCUT2D eigenvalue weighted by Crippen LogP contribution is -2.46. The van der Waals surface area contributed by atoms with E-state index >= 15 is 0 Å². The maximum absolute atomic E-state index is 13.2. The third kappa shape index (κ3) is 6.67. The second kappa shape index (κ2) is 11.6. The topological polar surface area (TPSA) is 110 Å². The Morgan fingerprint density at radius 1 is 1.08 bits per heavy atom. The van der Waals surface area contributed by atoms with Gasteiger partial charge in [-0.05, 0) is 44.8 Å². The highest BCUT2D eigenvalue weighted by Crippen LogP contribution is 2.33. The van der Waals surface area contributed by atoms with E-state index in [1.165, 1.54) is 7.11 Å². The average Bonchev–Trinajstić information content (AvgIpc) is 2.88. The van der Waals surface area contributed by atoms with Gasteiger partial charge < -0.3 is 15.5 Å². The number of rotatable bonds is 6. The fraction of sp³-hybridized carbons (Fsp3) is 0.542. The van der Waals surface area contributed by atoms with Crippen LogP contribution < -0.4 is 5.73 Å². The molecule has 9 nitrogen and oxygen atoms in total. The van der Waals surface area contributed by atoms with E-state index in [1.807, 2.05) is 4.90 Å². The van der Waals surface area contributed by atoms with E-state index in [0.29, 0.717) is 31.6 Å². The average molecular weight is 540 g/mol. The summed E-state index contributed by atoms with van der Waals surface area (Å²) in [4.78, 5) is 34.3. The molecule has 13 heteroatoms. The van der Waals surface area contributed by atoms with Crippen LogP contribution in [0.15, 0.2) is 29.8 Å². The third-order valence-electron chi connectivity index (χ3n) is 6.86. The molecular weight excluding hydrogens is 511 g/mol. The second-order valence-electron chi connectivity index (χ2n) is 9.31. The van der Waals surface area contributed by atoms with Gasteiger partial charge in [0.15, 0.2) is 0 Å². The van der Waals surface area contributed by atoms with Crippen molar-refractivity contribution >= 4 is 29.2 Å².